The zero-order valence-electron chi connectivity index (χ0n) is 10.9. The number of carbonyl (C=O) groups is 1. The van der Waals surface area contributed by atoms with Gasteiger partial charge in [-0.3, -0.25) is 4.79 Å². The third-order valence-electron chi connectivity index (χ3n) is 3.42. The number of fused-ring (bicyclic) bond motifs is 1. The molecule has 0 radical (unpaired) electrons. The van der Waals surface area contributed by atoms with Gasteiger partial charge in [-0.2, -0.15) is 0 Å². The van der Waals surface area contributed by atoms with Crippen molar-refractivity contribution in [2.75, 3.05) is 17.6 Å². The van der Waals surface area contributed by atoms with Crippen LogP contribution in [-0.2, 0) is 11.2 Å². The number of amides is 1. The fraction of sp³-hybridized carbons (Fsp3) is 0.500. The van der Waals surface area contributed by atoms with Crippen LogP contribution in [0, 0.1) is 11.8 Å². The van der Waals surface area contributed by atoms with Gasteiger partial charge in [-0.25, -0.2) is 0 Å². The van der Waals surface area contributed by atoms with Crippen LogP contribution in [0.4, 0.5) is 5.69 Å². The van der Waals surface area contributed by atoms with Crippen molar-refractivity contribution >= 4 is 23.4 Å². The van der Waals surface area contributed by atoms with Crippen molar-refractivity contribution < 1.29 is 4.79 Å². The molecular weight excluding hydrogens is 244 g/mol. The number of hydrogen-bond acceptors (Lipinski definition) is 3. The topological polar surface area (TPSA) is 55.1 Å². The lowest BCUT2D eigenvalue weighted by molar-refractivity contribution is -0.113. The molecular formula is C14H20N2OS. The van der Waals surface area contributed by atoms with Crippen molar-refractivity contribution in [3.63, 3.8) is 0 Å². The maximum absolute atomic E-state index is 11.4. The predicted molar refractivity (Wildman–Crippen MR) is 76.9 cm³/mol. The van der Waals surface area contributed by atoms with Crippen LogP contribution in [0.25, 0.3) is 0 Å². The highest BCUT2D eigenvalue weighted by molar-refractivity contribution is 8.00. The molecule has 98 valence electrons. The third kappa shape index (κ3) is 3.06. The van der Waals surface area contributed by atoms with Crippen molar-refractivity contribution in [1.82, 2.24) is 0 Å². The quantitative estimate of drug-likeness (QED) is 0.878. The zero-order chi connectivity index (χ0) is 13.1. The minimum Gasteiger partial charge on any atom is -0.330 e. The van der Waals surface area contributed by atoms with E-state index < -0.39 is 0 Å². The molecule has 0 aromatic heterocycles. The fourth-order valence-corrected chi connectivity index (χ4v) is 2.94. The second-order valence-electron chi connectivity index (χ2n) is 5.11. The van der Waals surface area contributed by atoms with Gasteiger partial charge >= 0.3 is 0 Å². The molecule has 1 aliphatic rings. The van der Waals surface area contributed by atoms with Crippen molar-refractivity contribution in [2.45, 2.75) is 25.2 Å². The van der Waals surface area contributed by atoms with E-state index in [1.54, 1.807) is 11.8 Å². The average Bonchev–Trinajstić information content (AvgIpc) is 2.35. The lowest BCUT2D eigenvalue weighted by Gasteiger charge is -2.21. The Hall–Kier alpha value is -1.000. The SMILES string of the molecule is CC(C)C(CN)Cc1ccc2c(c1)NC(=O)CS2. The number of carbonyl (C=O) groups excluding carboxylic acids is 1. The first-order valence-electron chi connectivity index (χ1n) is 6.35. The molecule has 1 aromatic rings. The second kappa shape index (κ2) is 5.76. The summed E-state index contributed by atoms with van der Waals surface area (Å²) in [6, 6.07) is 6.33. The van der Waals surface area contributed by atoms with Crippen LogP contribution >= 0.6 is 11.8 Å². The number of benzene rings is 1. The molecule has 4 heteroatoms. The van der Waals surface area contributed by atoms with E-state index >= 15 is 0 Å². The number of anilines is 1. The zero-order valence-corrected chi connectivity index (χ0v) is 11.7. The molecule has 1 amide bonds. The first-order valence-corrected chi connectivity index (χ1v) is 7.34. The monoisotopic (exact) mass is 264 g/mol. The molecule has 0 bridgehead atoms. The molecule has 1 aromatic carbocycles. The minimum absolute atomic E-state index is 0.0869. The molecule has 3 nitrogen and oxygen atoms in total. The third-order valence-corrected chi connectivity index (χ3v) is 4.49. The van der Waals surface area contributed by atoms with Gasteiger partial charge in [-0.05, 0) is 42.5 Å². The molecule has 1 aliphatic heterocycles. The van der Waals surface area contributed by atoms with Crippen molar-refractivity contribution in [3.8, 4) is 0 Å². The summed E-state index contributed by atoms with van der Waals surface area (Å²) in [5.74, 6) is 1.68. The number of thioether (sulfide) groups is 1. The minimum atomic E-state index is 0.0869. The van der Waals surface area contributed by atoms with Crippen LogP contribution in [-0.4, -0.2) is 18.2 Å². The predicted octanol–water partition coefficient (Wildman–Crippen LogP) is 2.50. The van der Waals surface area contributed by atoms with Gasteiger partial charge in [0.05, 0.1) is 11.4 Å². The van der Waals surface area contributed by atoms with Gasteiger partial charge in [-0.15, -0.1) is 11.8 Å². The van der Waals surface area contributed by atoms with Crippen molar-refractivity contribution in [3.05, 3.63) is 23.8 Å². The molecule has 1 unspecified atom stereocenters. The van der Waals surface area contributed by atoms with Gasteiger partial charge in [0.25, 0.3) is 0 Å². The molecule has 0 saturated heterocycles. The van der Waals surface area contributed by atoms with E-state index in [1.807, 2.05) is 0 Å². The molecule has 0 aliphatic carbocycles. The summed E-state index contributed by atoms with van der Waals surface area (Å²) < 4.78 is 0. The Balaban J connectivity index is 2.15. The summed E-state index contributed by atoms with van der Waals surface area (Å²) in [6.45, 7) is 5.11. The molecule has 0 spiro atoms. The van der Waals surface area contributed by atoms with Gasteiger partial charge in [0, 0.05) is 4.90 Å². The summed E-state index contributed by atoms with van der Waals surface area (Å²) in [7, 11) is 0. The van der Waals surface area contributed by atoms with Crippen molar-refractivity contribution in [1.29, 1.82) is 0 Å². The number of rotatable bonds is 4. The van der Waals surface area contributed by atoms with Crippen LogP contribution in [0.15, 0.2) is 23.1 Å². The van der Waals surface area contributed by atoms with Crippen LogP contribution in [0.5, 0.6) is 0 Å². The maximum Gasteiger partial charge on any atom is 0.234 e. The van der Waals surface area contributed by atoms with Gasteiger partial charge in [0.15, 0.2) is 0 Å². The molecule has 1 heterocycles. The Bertz CT molecular complexity index is 445. The first-order chi connectivity index (χ1) is 8.60. The van der Waals surface area contributed by atoms with E-state index in [0.717, 1.165) is 17.0 Å². The summed E-state index contributed by atoms with van der Waals surface area (Å²) in [6.07, 6.45) is 0.974. The lowest BCUT2D eigenvalue weighted by Crippen LogP contribution is -2.22. The highest BCUT2D eigenvalue weighted by Crippen LogP contribution is 2.32. The number of nitrogens with one attached hydrogen (secondary N) is 1. The van der Waals surface area contributed by atoms with E-state index in [1.165, 1.54) is 5.56 Å². The first kappa shape index (κ1) is 13.4. The van der Waals surface area contributed by atoms with Crippen molar-refractivity contribution in [2.24, 2.45) is 17.6 Å². The molecule has 3 N–H and O–H groups in total. The maximum atomic E-state index is 11.4. The highest BCUT2D eigenvalue weighted by Gasteiger charge is 2.17. The Kier molecular flexibility index (Phi) is 4.30. The van der Waals surface area contributed by atoms with Gasteiger partial charge in [-0.1, -0.05) is 19.9 Å². The van der Waals surface area contributed by atoms with Crippen LogP contribution in [0.1, 0.15) is 19.4 Å². The van der Waals surface area contributed by atoms with E-state index in [0.29, 0.717) is 24.1 Å². The normalized spacial score (nSPS) is 16.3. The van der Waals surface area contributed by atoms with E-state index in [-0.39, 0.29) is 5.91 Å². The smallest absolute Gasteiger partial charge is 0.234 e. The Morgan fingerprint density at radius 3 is 2.89 bits per heavy atom. The average molecular weight is 264 g/mol. The standard InChI is InChI=1S/C14H20N2OS/c1-9(2)11(7-15)5-10-3-4-13-12(6-10)16-14(17)8-18-13/h3-4,6,9,11H,5,7-8,15H2,1-2H3,(H,16,17). The summed E-state index contributed by atoms with van der Waals surface area (Å²) in [5.41, 5.74) is 8.01. The Morgan fingerprint density at radius 1 is 1.44 bits per heavy atom. The Labute approximate surface area is 113 Å². The molecule has 18 heavy (non-hydrogen) atoms. The van der Waals surface area contributed by atoms with E-state index in [9.17, 15) is 4.79 Å². The van der Waals surface area contributed by atoms with Crippen LogP contribution in [0.2, 0.25) is 0 Å². The van der Waals surface area contributed by atoms with E-state index in [2.05, 4.69) is 37.4 Å². The number of nitrogens with two attached hydrogens (primary N) is 1. The molecule has 0 saturated carbocycles. The summed E-state index contributed by atoms with van der Waals surface area (Å²) in [5, 5.41) is 2.93. The fourth-order valence-electron chi connectivity index (χ4n) is 2.15. The molecule has 2 rings (SSSR count). The van der Waals surface area contributed by atoms with Crippen LogP contribution in [0.3, 0.4) is 0 Å². The molecule has 1 atom stereocenters. The second-order valence-corrected chi connectivity index (χ2v) is 6.13. The van der Waals surface area contributed by atoms with Crippen LogP contribution < -0.4 is 11.1 Å². The molecule has 0 fully saturated rings. The lowest BCUT2D eigenvalue weighted by atomic mass is 9.89. The largest absolute Gasteiger partial charge is 0.330 e. The summed E-state index contributed by atoms with van der Waals surface area (Å²) in [4.78, 5) is 12.5. The van der Waals surface area contributed by atoms with Gasteiger partial charge in [0.1, 0.15) is 0 Å². The highest BCUT2D eigenvalue weighted by atomic mass is 32.2. The number of hydrogen-bond donors (Lipinski definition) is 2. The van der Waals surface area contributed by atoms with Gasteiger partial charge < -0.3 is 11.1 Å². The van der Waals surface area contributed by atoms with Gasteiger partial charge in [0.2, 0.25) is 5.91 Å². The Morgan fingerprint density at radius 2 is 2.22 bits per heavy atom. The summed E-state index contributed by atoms with van der Waals surface area (Å²) >= 11 is 1.60. The van der Waals surface area contributed by atoms with E-state index in [4.69, 9.17) is 5.73 Å².